The Kier molecular flexibility index (Phi) is 7.98. The summed E-state index contributed by atoms with van der Waals surface area (Å²) in [6, 6.07) is 14.2. The Bertz CT molecular complexity index is 1340. The number of ether oxygens (including phenoxy) is 1. The van der Waals surface area contributed by atoms with Crippen LogP contribution in [0.3, 0.4) is 0 Å². The fourth-order valence-electron chi connectivity index (χ4n) is 3.03. The number of rotatable bonds is 8. The standard InChI is InChI=1S/C23H21N3O5S3/c1-4-31-23(28)20-15(2)19(32-14-24)22(33-20)25-21(27)16-10-12-18(13-11-16)34(29,30)26(3)17-8-6-5-7-9-17/h5-13H,4H2,1-3H3,(H,25,27). The summed E-state index contributed by atoms with van der Waals surface area (Å²) < 4.78 is 32.1. The van der Waals surface area contributed by atoms with E-state index in [-0.39, 0.29) is 17.1 Å². The maximum absolute atomic E-state index is 12.9. The molecule has 1 aromatic heterocycles. The van der Waals surface area contributed by atoms with Crippen LogP contribution in [0.15, 0.2) is 64.4 Å². The van der Waals surface area contributed by atoms with Crippen molar-refractivity contribution >= 4 is 55.7 Å². The highest BCUT2D eigenvalue weighted by Crippen LogP contribution is 2.40. The van der Waals surface area contributed by atoms with Gasteiger partial charge in [0, 0.05) is 12.6 Å². The number of thiocyanates is 1. The van der Waals surface area contributed by atoms with Gasteiger partial charge in [-0.15, -0.1) is 11.3 Å². The quantitative estimate of drug-likeness (QED) is 0.258. The summed E-state index contributed by atoms with van der Waals surface area (Å²) in [5.74, 6) is -1.03. The molecule has 0 saturated carbocycles. The van der Waals surface area contributed by atoms with Crippen LogP contribution >= 0.6 is 23.1 Å². The van der Waals surface area contributed by atoms with Gasteiger partial charge in [0.05, 0.1) is 22.1 Å². The number of benzene rings is 2. The molecular formula is C23H21N3O5S3. The molecule has 0 radical (unpaired) electrons. The molecule has 3 aromatic rings. The molecule has 11 heteroatoms. The molecule has 0 aliphatic carbocycles. The molecule has 8 nitrogen and oxygen atoms in total. The van der Waals surface area contributed by atoms with Crippen LogP contribution < -0.4 is 9.62 Å². The van der Waals surface area contributed by atoms with Crippen LogP contribution in [0.2, 0.25) is 0 Å². The molecule has 1 amide bonds. The van der Waals surface area contributed by atoms with E-state index in [1.807, 2.05) is 5.40 Å². The van der Waals surface area contributed by atoms with Crippen LogP contribution in [0.1, 0.15) is 32.5 Å². The summed E-state index contributed by atoms with van der Waals surface area (Å²) in [7, 11) is -2.35. The van der Waals surface area contributed by atoms with Gasteiger partial charge in [-0.05, 0) is 67.6 Å². The maximum atomic E-state index is 12.9. The molecule has 176 valence electrons. The molecule has 34 heavy (non-hydrogen) atoms. The van der Waals surface area contributed by atoms with E-state index in [1.165, 1.54) is 35.6 Å². The van der Waals surface area contributed by atoms with E-state index in [0.717, 1.165) is 23.1 Å². The number of thiophene rings is 1. The fourth-order valence-corrected chi connectivity index (χ4v) is 6.02. The number of nitriles is 1. The molecule has 0 unspecified atom stereocenters. The minimum absolute atomic E-state index is 0.0349. The predicted octanol–water partition coefficient (Wildman–Crippen LogP) is 4.88. The van der Waals surface area contributed by atoms with Gasteiger partial charge in [-0.25, -0.2) is 13.2 Å². The molecule has 0 bridgehead atoms. The van der Waals surface area contributed by atoms with E-state index >= 15 is 0 Å². The third-order valence-electron chi connectivity index (χ3n) is 4.82. The number of hydrogen-bond donors (Lipinski definition) is 1. The number of sulfonamides is 1. The number of esters is 1. The third kappa shape index (κ3) is 5.25. The number of carbonyl (C=O) groups excluding carboxylic acids is 2. The topological polar surface area (TPSA) is 117 Å². The van der Waals surface area contributed by atoms with Crippen LogP contribution in [0.5, 0.6) is 0 Å². The van der Waals surface area contributed by atoms with E-state index in [1.54, 1.807) is 44.2 Å². The first-order valence-corrected chi connectivity index (χ1v) is 13.1. The molecule has 0 fully saturated rings. The van der Waals surface area contributed by atoms with Crippen LogP contribution in [-0.4, -0.2) is 33.9 Å². The predicted molar refractivity (Wildman–Crippen MR) is 133 cm³/mol. The van der Waals surface area contributed by atoms with E-state index in [9.17, 15) is 18.0 Å². The van der Waals surface area contributed by atoms with Gasteiger partial charge in [-0.3, -0.25) is 9.10 Å². The first-order chi connectivity index (χ1) is 16.2. The highest BCUT2D eigenvalue weighted by atomic mass is 32.2. The summed E-state index contributed by atoms with van der Waals surface area (Å²) in [5.41, 5.74) is 1.28. The highest BCUT2D eigenvalue weighted by Gasteiger charge is 2.24. The van der Waals surface area contributed by atoms with Crippen LogP contribution in [-0.2, 0) is 14.8 Å². The van der Waals surface area contributed by atoms with Gasteiger partial charge in [-0.1, -0.05) is 18.2 Å². The van der Waals surface area contributed by atoms with Crippen molar-refractivity contribution in [3.8, 4) is 5.40 Å². The number of nitrogens with zero attached hydrogens (tertiary/aromatic N) is 2. The second-order valence-electron chi connectivity index (χ2n) is 6.91. The molecule has 3 rings (SSSR count). The van der Waals surface area contributed by atoms with E-state index < -0.39 is 21.9 Å². The number of anilines is 2. The summed E-state index contributed by atoms with van der Waals surface area (Å²) in [6.45, 7) is 3.57. The van der Waals surface area contributed by atoms with E-state index in [2.05, 4.69) is 5.32 Å². The van der Waals surface area contributed by atoms with Gasteiger partial charge >= 0.3 is 5.97 Å². The first kappa shape index (κ1) is 25.3. The lowest BCUT2D eigenvalue weighted by Crippen LogP contribution is -2.26. The largest absolute Gasteiger partial charge is 0.462 e. The van der Waals surface area contributed by atoms with E-state index in [4.69, 9.17) is 10.00 Å². The zero-order valence-electron chi connectivity index (χ0n) is 18.6. The van der Waals surface area contributed by atoms with Crippen molar-refractivity contribution in [2.24, 2.45) is 0 Å². The van der Waals surface area contributed by atoms with Gasteiger partial charge in [0.25, 0.3) is 15.9 Å². The number of carbonyl (C=O) groups is 2. The summed E-state index contributed by atoms with van der Waals surface area (Å²) >= 11 is 1.86. The van der Waals surface area contributed by atoms with E-state index in [0.29, 0.717) is 26.0 Å². The maximum Gasteiger partial charge on any atom is 0.348 e. The minimum Gasteiger partial charge on any atom is -0.462 e. The SMILES string of the molecule is CCOC(=O)c1sc(NC(=O)c2ccc(S(=O)(=O)N(C)c3ccccc3)cc2)c(SC#N)c1C. The Labute approximate surface area is 206 Å². The summed E-state index contributed by atoms with van der Waals surface area (Å²) in [5, 5.41) is 14.2. The van der Waals surface area contributed by atoms with Crippen molar-refractivity contribution in [1.29, 1.82) is 5.26 Å². The second-order valence-corrected chi connectivity index (χ2v) is 10.7. The van der Waals surface area contributed by atoms with Gasteiger partial charge in [0.2, 0.25) is 0 Å². The average molecular weight is 516 g/mol. The molecule has 0 aliphatic heterocycles. The number of amides is 1. The number of nitrogens with one attached hydrogen (secondary N) is 1. The zero-order valence-corrected chi connectivity index (χ0v) is 21.0. The number of hydrogen-bond acceptors (Lipinski definition) is 8. The second kappa shape index (κ2) is 10.7. The molecule has 0 aliphatic rings. The molecule has 1 heterocycles. The average Bonchev–Trinajstić information content (AvgIpc) is 3.14. The molecule has 1 N–H and O–H groups in total. The molecule has 0 saturated heterocycles. The highest BCUT2D eigenvalue weighted by molar-refractivity contribution is 8.04. The number of para-hydroxylation sites is 1. The third-order valence-corrected chi connectivity index (χ3v) is 8.74. The van der Waals surface area contributed by atoms with Gasteiger partial charge < -0.3 is 10.1 Å². The Morgan fingerprint density at radius 1 is 1.15 bits per heavy atom. The van der Waals surface area contributed by atoms with Gasteiger partial charge in [0.1, 0.15) is 15.3 Å². The van der Waals surface area contributed by atoms with Crippen LogP contribution in [0.4, 0.5) is 10.7 Å². The van der Waals surface area contributed by atoms with Crippen molar-refractivity contribution in [3.05, 3.63) is 70.6 Å². The number of thioether (sulfide) groups is 1. The van der Waals surface area contributed by atoms with Gasteiger partial charge in [0.15, 0.2) is 0 Å². The fraction of sp³-hybridized carbons (Fsp3) is 0.174. The van der Waals surface area contributed by atoms with Gasteiger partial charge in [-0.2, -0.15) is 5.26 Å². The molecule has 0 spiro atoms. The molecule has 0 atom stereocenters. The molecular weight excluding hydrogens is 494 g/mol. The van der Waals surface area contributed by atoms with Crippen molar-refractivity contribution in [3.63, 3.8) is 0 Å². The van der Waals surface area contributed by atoms with Crippen molar-refractivity contribution in [2.75, 3.05) is 23.3 Å². The normalized spacial score (nSPS) is 10.9. The summed E-state index contributed by atoms with van der Waals surface area (Å²) in [6.07, 6.45) is 0. The Balaban J connectivity index is 1.84. The lowest BCUT2D eigenvalue weighted by molar-refractivity contribution is 0.0531. The Morgan fingerprint density at radius 3 is 2.38 bits per heavy atom. The van der Waals surface area contributed by atoms with Crippen molar-refractivity contribution in [1.82, 2.24) is 0 Å². The summed E-state index contributed by atoms with van der Waals surface area (Å²) in [4.78, 5) is 25.8. The zero-order chi connectivity index (χ0) is 24.9. The monoisotopic (exact) mass is 515 g/mol. The minimum atomic E-state index is -3.81. The smallest absolute Gasteiger partial charge is 0.348 e. The van der Waals surface area contributed by atoms with Crippen LogP contribution in [0.25, 0.3) is 0 Å². The van der Waals surface area contributed by atoms with Crippen molar-refractivity contribution in [2.45, 2.75) is 23.6 Å². The van der Waals surface area contributed by atoms with Crippen LogP contribution in [0, 0.1) is 17.6 Å². The molecule has 2 aromatic carbocycles. The Hall–Kier alpha value is -3.33. The lowest BCUT2D eigenvalue weighted by Gasteiger charge is -2.19. The lowest BCUT2D eigenvalue weighted by atomic mass is 10.2. The van der Waals surface area contributed by atoms with Crippen molar-refractivity contribution < 1.29 is 22.7 Å². The Morgan fingerprint density at radius 2 is 1.79 bits per heavy atom. The first-order valence-electron chi connectivity index (χ1n) is 10.0.